The third kappa shape index (κ3) is 4.04. The fraction of sp³-hybridized carbons (Fsp3) is 0.143. The Hall–Kier alpha value is -3.14. The molecule has 0 fully saturated rings. The first-order chi connectivity index (χ1) is 12.1. The Bertz CT molecular complexity index is 943. The largest absolute Gasteiger partial charge is 0.383 e. The summed E-state index contributed by atoms with van der Waals surface area (Å²) in [5.41, 5.74) is 9.73. The van der Waals surface area contributed by atoms with E-state index in [1.54, 1.807) is 16.8 Å². The van der Waals surface area contributed by atoms with Gasteiger partial charge < -0.3 is 10.3 Å². The lowest BCUT2D eigenvalue weighted by molar-refractivity contribution is 0.757. The van der Waals surface area contributed by atoms with Gasteiger partial charge in [0.1, 0.15) is 5.84 Å². The van der Waals surface area contributed by atoms with Crippen LogP contribution in [0.5, 0.6) is 0 Å². The van der Waals surface area contributed by atoms with Crippen LogP contribution in [0.3, 0.4) is 0 Å². The van der Waals surface area contributed by atoms with Gasteiger partial charge in [-0.2, -0.15) is 0 Å². The quantitative estimate of drug-likeness (QED) is 0.577. The van der Waals surface area contributed by atoms with E-state index in [0.717, 1.165) is 16.7 Å². The lowest BCUT2D eigenvalue weighted by atomic mass is 10.1. The molecule has 126 valence electrons. The molecule has 2 aromatic carbocycles. The number of aromatic nitrogens is 1. The van der Waals surface area contributed by atoms with Crippen LogP contribution >= 0.6 is 0 Å². The van der Waals surface area contributed by atoms with Crippen LogP contribution in [0, 0.1) is 6.92 Å². The van der Waals surface area contributed by atoms with Crippen molar-refractivity contribution < 1.29 is 0 Å². The molecule has 3 rings (SSSR count). The van der Waals surface area contributed by atoms with Crippen LogP contribution in [-0.2, 0) is 13.1 Å². The number of benzene rings is 2. The number of hydrogen-bond donors (Lipinski definition) is 1. The highest BCUT2D eigenvalue weighted by molar-refractivity contribution is 5.97. The highest BCUT2D eigenvalue weighted by atomic mass is 16.1. The van der Waals surface area contributed by atoms with Crippen molar-refractivity contribution in [1.82, 2.24) is 4.57 Å². The van der Waals surface area contributed by atoms with Crippen LogP contribution < -0.4 is 11.3 Å². The molecule has 0 saturated heterocycles. The standard InChI is InChI=1S/C21H21N3O/c1-16-8-5-6-11-18(16)14-23-20(22)19-12-7-13-24(21(19)25)15-17-9-3-2-4-10-17/h2-13H,14-15H2,1H3,(H2,22,23). The average molecular weight is 331 g/mol. The topological polar surface area (TPSA) is 60.4 Å². The number of hydrogen-bond acceptors (Lipinski definition) is 2. The summed E-state index contributed by atoms with van der Waals surface area (Å²) in [6.07, 6.45) is 1.77. The number of aliphatic imine (C=N–C) groups is 1. The van der Waals surface area contributed by atoms with E-state index in [9.17, 15) is 4.79 Å². The molecular formula is C21H21N3O. The third-order valence-electron chi connectivity index (χ3n) is 4.17. The van der Waals surface area contributed by atoms with E-state index < -0.39 is 0 Å². The molecule has 1 aromatic heterocycles. The summed E-state index contributed by atoms with van der Waals surface area (Å²) in [7, 11) is 0. The van der Waals surface area contributed by atoms with Crippen LogP contribution in [0.1, 0.15) is 22.3 Å². The van der Waals surface area contributed by atoms with Crippen molar-refractivity contribution in [3.8, 4) is 0 Å². The fourth-order valence-corrected chi connectivity index (χ4v) is 2.68. The van der Waals surface area contributed by atoms with Gasteiger partial charge >= 0.3 is 0 Å². The fourth-order valence-electron chi connectivity index (χ4n) is 2.68. The second kappa shape index (κ2) is 7.62. The van der Waals surface area contributed by atoms with Crippen molar-refractivity contribution in [1.29, 1.82) is 0 Å². The average Bonchev–Trinajstić information content (AvgIpc) is 2.63. The van der Waals surface area contributed by atoms with Gasteiger partial charge in [-0.25, -0.2) is 0 Å². The summed E-state index contributed by atoms with van der Waals surface area (Å²) in [5.74, 6) is 0.274. The molecule has 4 heteroatoms. The van der Waals surface area contributed by atoms with Crippen LogP contribution in [0.4, 0.5) is 0 Å². The Morgan fingerprint density at radius 1 is 1.00 bits per heavy atom. The first kappa shape index (κ1) is 16.7. The summed E-state index contributed by atoms with van der Waals surface area (Å²) in [6, 6.07) is 21.4. The van der Waals surface area contributed by atoms with Crippen LogP contribution in [-0.4, -0.2) is 10.4 Å². The summed E-state index contributed by atoms with van der Waals surface area (Å²) < 4.78 is 1.65. The molecule has 0 unspecified atom stereocenters. The first-order valence-corrected chi connectivity index (χ1v) is 8.23. The second-order valence-corrected chi connectivity index (χ2v) is 5.97. The molecule has 0 radical (unpaired) electrons. The Balaban J connectivity index is 1.85. The maximum Gasteiger partial charge on any atom is 0.261 e. The van der Waals surface area contributed by atoms with E-state index in [1.807, 2.05) is 67.6 Å². The van der Waals surface area contributed by atoms with Crippen LogP contribution in [0.2, 0.25) is 0 Å². The predicted octanol–water partition coefficient (Wildman–Crippen LogP) is 3.11. The third-order valence-corrected chi connectivity index (χ3v) is 4.17. The summed E-state index contributed by atoms with van der Waals surface area (Å²) in [4.78, 5) is 17.1. The normalized spacial score (nSPS) is 11.5. The molecule has 2 N–H and O–H groups in total. The van der Waals surface area contributed by atoms with Gasteiger partial charge in [0.15, 0.2) is 0 Å². The number of aryl methyl sites for hydroxylation is 1. The van der Waals surface area contributed by atoms with E-state index in [0.29, 0.717) is 18.7 Å². The summed E-state index contributed by atoms with van der Waals surface area (Å²) in [6.45, 7) is 3.01. The van der Waals surface area contributed by atoms with Crippen molar-refractivity contribution in [3.63, 3.8) is 0 Å². The van der Waals surface area contributed by atoms with E-state index in [-0.39, 0.29) is 11.4 Å². The van der Waals surface area contributed by atoms with E-state index in [1.165, 1.54) is 0 Å². The smallest absolute Gasteiger partial charge is 0.261 e. The zero-order valence-corrected chi connectivity index (χ0v) is 14.2. The minimum absolute atomic E-state index is 0.127. The molecule has 3 aromatic rings. The Kier molecular flexibility index (Phi) is 5.09. The van der Waals surface area contributed by atoms with Crippen molar-refractivity contribution in [2.24, 2.45) is 10.7 Å². The number of rotatable bonds is 5. The van der Waals surface area contributed by atoms with Gasteiger partial charge in [-0.1, -0.05) is 54.6 Å². The summed E-state index contributed by atoms with van der Waals surface area (Å²) in [5, 5.41) is 0. The molecule has 0 spiro atoms. The van der Waals surface area contributed by atoms with Crippen molar-refractivity contribution in [3.05, 3.63) is 106 Å². The highest BCUT2D eigenvalue weighted by Crippen LogP contribution is 2.08. The van der Waals surface area contributed by atoms with Gasteiger partial charge in [-0.3, -0.25) is 9.79 Å². The number of nitrogens with zero attached hydrogens (tertiary/aromatic N) is 2. The second-order valence-electron chi connectivity index (χ2n) is 5.97. The molecule has 0 amide bonds. The Morgan fingerprint density at radius 3 is 2.48 bits per heavy atom. The van der Waals surface area contributed by atoms with Gasteiger partial charge in [0, 0.05) is 6.20 Å². The molecule has 0 aliphatic carbocycles. The van der Waals surface area contributed by atoms with Gasteiger partial charge in [-0.15, -0.1) is 0 Å². The minimum Gasteiger partial charge on any atom is -0.383 e. The number of amidine groups is 1. The van der Waals surface area contributed by atoms with Crippen molar-refractivity contribution >= 4 is 5.84 Å². The summed E-state index contributed by atoms with van der Waals surface area (Å²) >= 11 is 0. The van der Waals surface area contributed by atoms with E-state index in [4.69, 9.17) is 5.73 Å². The first-order valence-electron chi connectivity index (χ1n) is 8.23. The predicted molar refractivity (Wildman–Crippen MR) is 102 cm³/mol. The van der Waals surface area contributed by atoms with E-state index in [2.05, 4.69) is 4.99 Å². The molecule has 4 nitrogen and oxygen atoms in total. The molecular weight excluding hydrogens is 310 g/mol. The van der Waals surface area contributed by atoms with Gasteiger partial charge in [-0.05, 0) is 35.7 Å². The monoisotopic (exact) mass is 331 g/mol. The van der Waals surface area contributed by atoms with Gasteiger partial charge in [0.05, 0.1) is 18.7 Å². The van der Waals surface area contributed by atoms with E-state index >= 15 is 0 Å². The van der Waals surface area contributed by atoms with Gasteiger partial charge in [0.25, 0.3) is 5.56 Å². The molecule has 0 aliphatic heterocycles. The molecule has 0 saturated carbocycles. The zero-order chi connectivity index (χ0) is 17.6. The van der Waals surface area contributed by atoms with Crippen LogP contribution in [0.25, 0.3) is 0 Å². The SMILES string of the molecule is Cc1ccccc1CN=C(N)c1cccn(Cc2ccccc2)c1=O. The molecule has 25 heavy (non-hydrogen) atoms. The lowest BCUT2D eigenvalue weighted by Crippen LogP contribution is -2.30. The van der Waals surface area contributed by atoms with Gasteiger partial charge in [0.2, 0.25) is 0 Å². The maximum atomic E-state index is 12.7. The Morgan fingerprint density at radius 2 is 1.72 bits per heavy atom. The molecule has 1 heterocycles. The minimum atomic E-state index is -0.127. The van der Waals surface area contributed by atoms with Crippen molar-refractivity contribution in [2.75, 3.05) is 0 Å². The lowest BCUT2D eigenvalue weighted by Gasteiger charge is -2.08. The highest BCUT2D eigenvalue weighted by Gasteiger charge is 2.08. The van der Waals surface area contributed by atoms with Crippen LogP contribution in [0.15, 0.2) is 82.7 Å². The Labute approximate surface area is 147 Å². The molecule has 0 atom stereocenters. The maximum absolute atomic E-state index is 12.7. The molecule has 0 aliphatic rings. The number of nitrogens with two attached hydrogens (primary N) is 1. The molecule has 0 bridgehead atoms. The number of pyridine rings is 1. The zero-order valence-electron chi connectivity index (χ0n) is 14.2. The van der Waals surface area contributed by atoms with Crippen molar-refractivity contribution in [2.45, 2.75) is 20.0 Å².